The highest BCUT2D eigenvalue weighted by molar-refractivity contribution is 8.01. The van der Waals surface area contributed by atoms with Gasteiger partial charge in [0.25, 0.3) is 5.69 Å². The van der Waals surface area contributed by atoms with Gasteiger partial charge in [-0.05, 0) is 17.7 Å². The number of rotatable bonds is 9. The molecule has 3 rings (SSSR count). The molecule has 0 radical (unpaired) electrons. The van der Waals surface area contributed by atoms with Crippen LogP contribution in [0.15, 0.2) is 52.9 Å². The lowest BCUT2D eigenvalue weighted by atomic mass is 10.2. The summed E-state index contributed by atoms with van der Waals surface area (Å²) >= 11 is 2.55. The second-order valence-corrected chi connectivity index (χ2v) is 7.89. The number of hydrogen-bond donors (Lipinski definition) is 2. The number of thioether (sulfide) groups is 1. The number of methoxy groups -OCH3 is 1. The Labute approximate surface area is 174 Å². The molecule has 1 aromatic heterocycles. The Morgan fingerprint density at radius 3 is 2.76 bits per heavy atom. The summed E-state index contributed by atoms with van der Waals surface area (Å²) in [5.41, 5.74) is 1.01. The molecule has 9 nitrogen and oxygen atoms in total. The summed E-state index contributed by atoms with van der Waals surface area (Å²) in [5.74, 6) is 0.0157. The summed E-state index contributed by atoms with van der Waals surface area (Å²) in [7, 11) is 1.42. The summed E-state index contributed by atoms with van der Waals surface area (Å²) in [6, 6.07) is 14.1. The molecule has 3 aromatic rings. The van der Waals surface area contributed by atoms with Crippen molar-refractivity contribution in [2.75, 3.05) is 23.5 Å². The molecule has 11 heteroatoms. The van der Waals surface area contributed by atoms with Gasteiger partial charge in [0.1, 0.15) is 11.4 Å². The van der Waals surface area contributed by atoms with Gasteiger partial charge in [-0.25, -0.2) is 0 Å². The van der Waals surface area contributed by atoms with Crippen molar-refractivity contribution in [2.24, 2.45) is 0 Å². The number of anilines is 2. The van der Waals surface area contributed by atoms with E-state index >= 15 is 0 Å². The second-order valence-electron chi connectivity index (χ2n) is 5.69. The van der Waals surface area contributed by atoms with Gasteiger partial charge >= 0.3 is 0 Å². The Morgan fingerprint density at radius 1 is 1.24 bits per heavy atom. The van der Waals surface area contributed by atoms with Crippen LogP contribution in [-0.2, 0) is 11.3 Å². The maximum Gasteiger partial charge on any atom is 0.296 e. The number of nitrogens with zero attached hydrogens (tertiary/aromatic N) is 3. The van der Waals surface area contributed by atoms with E-state index in [4.69, 9.17) is 4.74 Å². The van der Waals surface area contributed by atoms with E-state index in [1.54, 1.807) is 6.07 Å². The van der Waals surface area contributed by atoms with Crippen LogP contribution in [0.25, 0.3) is 0 Å². The van der Waals surface area contributed by atoms with Crippen molar-refractivity contribution in [2.45, 2.75) is 10.9 Å². The van der Waals surface area contributed by atoms with Gasteiger partial charge in [0.05, 0.1) is 23.9 Å². The van der Waals surface area contributed by atoms with Crippen LogP contribution in [0.4, 0.5) is 16.5 Å². The summed E-state index contributed by atoms with van der Waals surface area (Å²) in [4.78, 5) is 22.8. The third-order valence-electron chi connectivity index (χ3n) is 3.70. The highest BCUT2D eigenvalue weighted by Gasteiger charge is 2.17. The van der Waals surface area contributed by atoms with Crippen molar-refractivity contribution < 1.29 is 14.5 Å². The van der Waals surface area contributed by atoms with Crippen LogP contribution in [0.2, 0.25) is 0 Å². The molecule has 1 amide bonds. The van der Waals surface area contributed by atoms with Crippen molar-refractivity contribution in [3.05, 3.63) is 64.2 Å². The Bertz CT molecular complexity index is 997. The monoisotopic (exact) mass is 431 g/mol. The predicted octanol–water partition coefficient (Wildman–Crippen LogP) is 3.80. The molecule has 29 heavy (non-hydrogen) atoms. The van der Waals surface area contributed by atoms with Gasteiger partial charge in [-0.1, -0.05) is 53.4 Å². The number of nitro benzene ring substituents is 1. The lowest BCUT2D eigenvalue weighted by Crippen LogP contribution is -2.15. The van der Waals surface area contributed by atoms with Crippen molar-refractivity contribution in [1.29, 1.82) is 0 Å². The van der Waals surface area contributed by atoms with Crippen LogP contribution in [0.3, 0.4) is 0 Å². The fourth-order valence-corrected chi connectivity index (χ4v) is 3.87. The van der Waals surface area contributed by atoms with Crippen LogP contribution in [0.1, 0.15) is 5.56 Å². The quantitative estimate of drug-likeness (QED) is 0.298. The summed E-state index contributed by atoms with van der Waals surface area (Å²) in [6.45, 7) is 0.627. The third-order valence-corrected chi connectivity index (χ3v) is 5.71. The van der Waals surface area contributed by atoms with E-state index in [1.807, 2.05) is 30.3 Å². The maximum absolute atomic E-state index is 12.2. The largest absolute Gasteiger partial charge is 0.496 e. The maximum atomic E-state index is 12.2. The Hall–Kier alpha value is -3.18. The highest BCUT2D eigenvalue weighted by atomic mass is 32.2. The molecule has 2 aromatic carbocycles. The minimum absolute atomic E-state index is 0.0521. The Kier molecular flexibility index (Phi) is 6.98. The molecule has 2 N–H and O–H groups in total. The summed E-state index contributed by atoms with van der Waals surface area (Å²) < 4.78 is 5.60. The molecule has 0 unspecified atom stereocenters. The number of carbonyl (C=O) groups is 1. The smallest absolute Gasteiger partial charge is 0.296 e. The first-order valence-corrected chi connectivity index (χ1v) is 10.2. The zero-order valence-electron chi connectivity index (χ0n) is 15.3. The topological polar surface area (TPSA) is 119 Å². The molecule has 0 fully saturated rings. The van der Waals surface area contributed by atoms with Crippen molar-refractivity contribution in [3.8, 4) is 5.75 Å². The minimum Gasteiger partial charge on any atom is -0.496 e. The highest BCUT2D eigenvalue weighted by Crippen LogP contribution is 2.30. The number of hydrogen-bond acceptors (Lipinski definition) is 9. The summed E-state index contributed by atoms with van der Waals surface area (Å²) in [5, 5.41) is 25.7. The molecule has 0 spiro atoms. The number of ether oxygens (including phenoxy) is 1. The van der Waals surface area contributed by atoms with Gasteiger partial charge in [0.2, 0.25) is 11.0 Å². The van der Waals surface area contributed by atoms with E-state index in [9.17, 15) is 14.9 Å². The SMILES string of the molecule is COc1ccc(NC(=O)CSc2nnc(NCc3ccccc3)s2)c([N+](=O)[O-])c1. The van der Waals surface area contributed by atoms with Crippen LogP contribution in [-0.4, -0.2) is 33.9 Å². The van der Waals surface area contributed by atoms with Crippen LogP contribution < -0.4 is 15.4 Å². The van der Waals surface area contributed by atoms with E-state index < -0.39 is 4.92 Å². The van der Waals surface area contributed by atoms with Gasteiger partial charge in [-0.2, -0.15) is 0 Å². The zero-order valence-corrected chi connectivity index (χ0v) is 17.0. The normalized spacial score (nSPS) is 10.4. The van der Waals surface area contributed by atoms with Gasteiger partial charge in [0.15, 0.2) is 4.34 Å². The Morgan fingerprint density at radius 2 is 2.03 bits per heavy atom. The number of nitro groups is 1. The first kappa shape index (κ1) is 20.6. The number of carbonyl (C=O) groups excluding carboxylic acids is 1. The summed E-state index contributed by atoms with van der Waals surface area (Å²) in [6.07, 6.45) is 0. The molecular formula is C18H17N5O4S2. The average molecular weight is 431 g/mol. The molecule has 0 aliphatic rings. The molecule has 150 valence electrons. The lowest BCUT2D eigenvalue weighted by molar-refractivity contribution is -0.384. The fourth-order valence-electron chi connectivity index (χ4n) is 2.32. The van der Waals surface area contributed by atoms with E-state index in [1.165, 1.54) is 42.3 Å². The van der Waals surface area contributed by atoms with Crippen molar-refractivity contribution >= 4 is 45.5 Å². The van der Waals surface area contributed by atoms with Crippen LogP contribution in [0, 0.1) is 10.1 Å². The van der Waals surface area contributed by atoms with Crippen LogP contribution >= 0.6 is 23.1 Å². The van der Waals surface area contributed by atoms with E-state index in [0.717, 1.165) is 5.56 Å². The van der Waals surface area contributed by atoms with Crippen LogP contribution in [0.5, 0.6) is 5.75 Å². The number of nitrogens with one attached hydrogen (secondary N) is 2. The van der Waals surface area contributed by atoms with E-state index in [-0.39, 0.29) is 23.0 Å². The molecule has 0 saturated carbocycles. The number of benzene rings is 2. The Balaban J connectivity index is 1.52. The average Bonchev–Trinajstić information content (AvgIpc) is 3.19. The minimum atomic E-state index is -0.569. The molecule has 0 bridgehead atoms. The number of amides is 1. The molecule has 1 heterocycles. The lowest BCUT2D eigenvalue weighted by Gasteiger charge is -2.07. The molecule has 0 saturated heterocycles. The molecule has 0 aliphatic carbocycles. The second kappa shape index (κ2) is 9.85. The van der Waals surface area contributed by atoms with Gasteiger partial charge in [-0.3, -0.25) is 14.9 Å². The van der Waals surface area contributed by atoms with Gasteiger partial charge < -0.3 is 15.4 Å². The molecule has 0 aliphatic heterocycles. The predicted molar refractivity (Wildman–Crippen MR) is 113 cm³/mol. The van der Waals surface area contributed by atoms with Crippen molar-refractivity contribution in [1.82, 2.24) is 10.2 Å². The standard InChI is InChI=1S/C18H17N5O4S2/c1-27-13-7-8-14(15(9-13)23(25)26)20-16(24)11-28-18-22-21-17(29-18)19-10-12-5-3-2-4-6-12/h2-9H,10-11H2,1H3,(H,19,21)(H,20,24). The molecular weight excluding hydrogens is 414 g/mol. The van der Waals surface area contributed by atoms with E-state index in [0.29, 0.717) is 21.8 Å². The number of aromatic nitrogens is 2. The van der Waals surface area contributed by atoms with Crippen molar-refractivity contribution in [3.63, 3.8) is 0 Å². The molecule has 0 atom stereocenters. The first-order chi connectivity index (χ1) is 14.0. The third kappa shape index (κ3) is 5.90. The fraction of sp³-hybridized carbons (Fsp3) is 0.167. The van der Waals surface area contributed by atoms with Gasteiger partial charge in [0, 0.05) is 6.54 Å². The van der Waals surface area contributed by atoms with E-state index in [2.05, 4.69) is 20.8 Å². The van der Waals surface area contributed by atoms with Gasteiger partial charge in [-0.15, -0.1) is 10.2 Å². The first-order valence-electron chi connectivity index (χ1n) is 8.41. The zero-order chi connectivity index (χ0) is 20.6.